The zero-order chi connectivity index (χ0) is 15.2. The number of nitrogen functional groups attached to an aromatic ring is 1. The number of aromatic nitrogens is 7. The molecule has 3 rings (SSSR count). The number of anilines is 1. The van der Waals surface area contributed by atoms with E-state index < -0.39 is 15.0 Å². The molecule has 0 aliphatic carbocycles. The lowest BCUT2D eigenvalue weighted by Crippen LogP contribution is -2.11. The molecule has 0 unspecified atom stereocenters. The Kier molecular flexibility index (Phi) is 2.95. The van der Waals surface area contributed by atoms with Crippen LogP contribution in [-0.2, 0) is 9.84 Å². The summed E-state index contributed by atoms with van der Waals surface area (Å²) in [4.78, 5) is 19.4. The van der Waals surface area contributed by atoms with Crippen LogP contribution in [0.15, 0.2) is 17.6 Å². The van der Waals surface area contributed by atoms with Gasteiger partial charge < -0.3 is 5.73 Å². The summed E-state index contributed by atoms with van der Waals surface area (Å²) in [6, 6.07) is 0. The van der Waals surface area contributed by atoms with Crippen LogP contribution in [0.1, 0.15) is 0 Å². The minimum atomic E-state index is -3.61. The summed E-state index contributed by atoms with van der Waals surface area (Å²) < 4.78 is 24.0. The van der Waals surface area contributed by atoms with Crippen LogP contribution in [0, 0.1) is 0 Å². The van der Waals surface area contributed by atoms with Gasteiger partial charge in [0.15, 0.2) is 5.82 Å². The van der Waals surface area contributed by atoms with E-state index in [-0.39, 0.29) is 23.4 Å². The highest BCUT2D eigenvalue weighted by Crippen LogP contribution is 2.14. The van der Waals surface area contributed by atoms with E-state index in [1.807, 2.05) is 0 Å². The molecule has 0 saturated heterocycles. The van der Waals surface area contributed by atoms with E-state index in [1.165, 1.54) is 12.4 Å². The number of rotatable bonds is 2. The average Bonchev–Trinajstić information content (AvgIpc) is 2.83. The predicted molar refractivity (Wildman–Crippen MR) is 72.1 cm³/mol. The Morgan fingerprint density at radius 3 is 2.43 bits per heavy atom. The van der Waals surface area contributed by atoms with E-state index in [0.717, 1.165) is 10.8 Å². The maximum atomic E-state index is 11.5. The monoisotopic (exact) mass is 326 g/mol. The van der Waals surface area contributed by atoms with Gasteiger partial charge in [-0.2, -0.15) is 19.5 Å². The Morgan fingerprint density at radius 2 is 1.81 bits per heavy atom. The predicted octanol–water partition coefficient (Wildman–Crippen LogP) is -0.385. The molecule has 3 heterocycles. The Morgan fingerprint density at radius 1 is 1.14 bits per heavy atom. The van der Waals surface area contributed by atoms with Crippen molar-refractivity contribution in [2.45, 2.75) is 5.16 Å². The van der Waals surface area contributed by atoms with Gasteiger partial charge in [-0.15, -0.1) is 5.10 Å². The third kappa shape index (κ3) is 2.48. The quantitative estimate of drug-likeness (QED) is 0.666. The molecule has 0 aromatic carbocycles. The van der Waals surface area contributed by atoms with Gasteiger partial charge in [-0.05, 0) is 0 Å². The summed E-state index contributed by atoms with van der Waals surface area (Å²) in [5.41, 5.74) is 5.65. The Labute approximate surface area is 123 Å². The van der Waals surface area contributed by atoms with Crippen LogP contribution in [0.4, 0.5) is 5.95 Å². The van der Waals surface area contributed by atoms with Gasteiger partial charge in [-0.1, -0.05) is 11.6 Å². The number of nitrogens with zero attached hydrogens (tertiary/aromatic N) is 7. The van der Waals surface area contributed by atoms with Gasteiger partial charge >= 0.3 is 0 Å². The first kappa shape index (κ1) is 13.6. The van der Waals surface area contributed by atoms with E-state index in [9.17, 15) is 8.42 Å². The average molecular weight is 327 g/mol. The highest BCUT2D eigenvalue weighted by Gasteiger charge is 2.18. The van der Waals surface area contributed by atoms with E-state index in [0.29, 0.717) is 5.02 Å². The normalized spacial score (nSPS) is 11.9. The van der Waals surface area contributed by atoms with E-state index in [2.05, 4.69) is 30.0 Å². The third-order valence-electron chi connectivity index (χ3n) is 2.36. The fourth-order valence-corrected chi connectivity index (χ4v) is 2.08. The van der Waals surface area contributed by atoms with Crippen molar-refractivity contribution in [2.75, 3.05) is 12.0 Å². The number of sulfone groups is 1. The van der Waals surface area contributed by atoms with Crippen LogP contribution >= 0.6 is 11.6 Å². The van der Waals surface area contributed by atoms with Crippen molar-refractivity contribution in [1.82, 2.24) is 34.5 Å². The molecule has 12 heteroatoms. The molecule has 0 aliphatic heterocycles. The molecule has 2 N–H and O–H groups in total. The van der Waals surface area contributed by atoms with Crippen molar-refractivity contribution < 1.29 is 8.42 Å². The zero-order valence-electron chi connectivity index (χ0n) is 10.5. The first-order valence-electron chi connectivity index (χ1n) is 5.43. The van der Waals surface area contributed by atoms with Crippen molar-refractivity contribution >= 4 is 33.2 Å². The first-order chi connectivity index (χ1) is 9.84. The molecular weight excluding hydrogens is 320 g/mol. The zero-order valence-corrected chi connectivity index (χ0v) is 12.0. The highest BCUT2D eigenvalue weighted by molar-refractivity contribution is 7.90. The molecule has 3 aromatic rings. The van der Waals surface area contributed by atoms with Crippen LogP contribution in [0.2, 0.25) is 5.02 Å². The van der Waals surface area contributed by atoms with Gasteiger partial charge in [0.25, 0.3) is 10.9 Å². The van der Waals surface area contributed by atoms with Gasteiger partial charge in [-0.25, -0.2) is 18.4 Å². The molecule has 108 valence electrons. The smallest absolute Gasteiger partial charge is 0.258 e. The summed E-state index contributed by atoms with van der Waals surface area (Å²) in [5, 5.41) is 3.96. The summed E-state index contributed by atoms with van der Waals surface area (Å²) in [5.74, 6) is 0.146. The van der Waals surface area contributed by atoms with E-state index >= 15 is 0 Å². The number of nitrogens with two attached hydrogens (primary N) is 1. The van der Waals surface area contributed by atoms with Crippen molar-refractivity contribution in [1.29, 1.82) is 0 Å². The standard InChI is InChI=1S/C9H7ClN8O2S/c1-21(19,20)9-15-7(11)18-8(16-9)14-6(17-18)5-12-2-4(10)3-13-5/h2-3H,1H3,(H2,11,14,15,16,17). The molecule has 0 amide bonds. The highest BCUT2D eigenvalue weighted by atomic mass is 35.5. The van der Waals surface area contributed by atoms with Crippen LogP contribution in [0.3, 0.4) is 0 Å². The van der Waals surface area contributed by atoms with Crippen molar-refractivity contribution in [2.24, 2.45) is 0 Å². The summed E-state index contributed by atoms with van der Waals surface area (Å²) in [7, 11) is -3.61. The number of hydrogen-bond acceptors (Lipinski definition) is 9. The van der Waals surface area contributed by atoms with Crippen LogP contribution < -0.4 is 5.73 Å². The molecule has 0 radical (unpaired) electrons. The molecule has 0 bridgehead atoms. The van der Waals surface area contributed by atoms with Gasteiger partial charge in [0.2, 0.25) is 21.6 Å². The third-order valence-corrected chi connectivity index (χ3v) is 3.41. The molecule has 0 saturated carbocycles. The maximum Gasteiger partial charge on any atom is 0.258 e. The van der Waals surface area contributed by atoms with Gasteiger partial charge in [-0.3, -0.25) is 0 Å². The van der Waals surface area contributed by atoms with Gasteiger partial charge in [0.1, 0.15) is 0 Å². The topological polar surface area (TPSA) is 142 Å². The van der Waals surface area contributed by atoms with Gasteiger partial charge in [0.05, 0.1) is 5.02 Å². The summed E-state index contributed by atoms with van der Waals surface area (Å²) in [6.07, 6.45) is 3.73. The molecule has 0 atom stereocenters. The van der Waals surface area contributed by atoms with E-state index in [1.54, 1.807) is 0 Å². The Bertz CT molecular complexity index is 936. The van der Waals surface area contributed by atoms with Crippen molar-refractivity contribution in [3.05, 3.63) is 17.4 Å². The molecule has 3 aromatic heterocycles. The number of hydrogen-bond donors (Lipinski definition) is 1. The lowest BCUT2D eigenvalue weighted by atomic mass is 10.5. The molecule has 0 spiro atoms. The lowest BCUT2D eigenvalue weighted by Gasteiger charge is -1.99. The fraction of sp³-hybridized carbons (Fsp3) is 0.111. The lowest BCUT2D eigenvalue weighted by molar-refractivity contribution is 0.592. The van der Waals surface area contributed by atoms with Crippen LogP contribution in [0.25, 0.3) is 17.4 Å². The van der Waals surface area contributed by atoms with Crippen LogP contribution in [-0.4, -0.2) is 49.2 Å². The van der Waals surface area contributed by atoms with E-state index in [4.69, 9.17) is 17.3 Å². The second-order valence-electron chi connectivity index (χ2n) is 4.01. The molecule has 10 nitrogen and oxygen atoms in total. The van der Waals surface area contributed by atoms with Crippen LogP contribution in [0.5, 0.6) is 0 Å². The minimum Gasteiger partial charge on any atom is -0.368 e. The first-order valence-corrected chi connectivity index (χ1v) is 7.70. The second kappa shape index (κ2) is 4.56. The second-order valence-corrected chi connectivity index (χ2v) is 6.35. The Hall–Kier alpha value is -2.40. The SMILES string of the molecule is CS(=O)(=O)c1nc(N)n2nc(-c3ncc(Cl)cn3)nc2n1. The number of fused-ring (bicyclic) bond motifs is 1. The Balaban J connectivity index is 2.20. The molecule has 0 aliphatic rings. The summed E-state index contributed by atoms with van der Waals surface area (Å²) in [6.45, 7) is 0. The number of halogens is 1. The minimum absolute atomic E-state index is 0.0172. The summed E-state index contributed by atoms with van der Waals surface area (Å²) >= 11 is 5.69. The molecule has 0 fully saturated rings. The molecular formula is C9H7ClN8O2S. The van der Waals surface area contributed by atoms with Gasteiger partial charge in [0, 0.05) is 18.6 Å². The molecule has 21 heavy (non-hydrogen) atoms. The maximum absolute atomic E-state index is 11.5. The van der Waals surface area contributed by atoms with Crippen molar-refractivity contribution in [3.63, 3.8) is 0 Å². The van der Waals surface area contributed by atoms with Crippen molar-refractivity contribution in [3.8, 4) is 11.6 Å². The largest absolute Gasteiger partial charge is 0.368 e. The fourth-order valence-electron chi connectivity index (χ4n) is 1.47.